The lowest BCUT2D eigenvalue weighted by Crippen LogP contribution is -2.34. The first-order valence-corrected chi connectivity index (χ1v) is 7.74. The lowest BCUT2D eigenvalue weighted by atomic mass is 10.0. The van der Waals surface area contributed by atoms with Gasteiger partial charge >= 0.3 is 6.18 Å². The number of hydrogen-bond acceptors (Lipinski definition) is 5. The van der Waals surface area contributed by atoms with Gasteiger partial charge in [0.2, 0.25) is 5.82 Å². The van der Waals surface area contributed by atoms with Gasteiger partial charge in [-0.2, -0.15) is 13.2 Å². The molecule has 130 valence electrons. The first kappa shape index (κ1) is 15.7. The number of amides is 1. The van der Waals surface area contributed by atoms with Gasteiger partial charge in [0, 0.05) is 24.7 Å². The summed E-state index contributed by atoms with van der Waals surface area (Å²) in [6.45, 7) is 1.47. The SMILES string of the molecule is NC(=O)c1nc2c(c(-c3cccc(C(F)(F)F)c3)n1)N1CCC(C1)N2. The number of rotatable bonds is 2. The fourth-order valence-electron chi connectivity index (χ4n) is 3.28. The molecule has 4 rings (SSSR count). The molecule has 0 aliphatic carbocycles. The number of carbonyl (C=O) groups is 1. The van der Waals surface area contributed by atoms with E-state index in [1.807, 2.05) is 4.90 Å². The molecule has 9 heteroatoms. The van der Waals surface area contributed by atoms with Gasteiger partial charge in [0.1, 0.15) is 11.4 Å². The van der Waals surface area contributed by atoms with Crippen molar-refractivity contribution in [1.82, 2.24) is 9.97 Å². The van der Waals surface area contributed by atoms with Crippen molar-refractivity contribution in [2.24, 2.45) is 5.73 Å². The van der Waals surface area contributed by atoms with Gasteiger partial charge in [-0.1, -0.05) is 12.1 Å². The highest BCUT2D eigenvalue weighted by atomic mass is 19.4. The Morgan fingerprint density at radius 2 is 2.12 bits per heavy atom. The number of benzene rings is 1. The topological polar surface area (TPSA) is 84.1 Å². The van der Waals surface area contributed by atoms with Crippen molar-refractivity contribution in [2.45, 2.75) is 18.6 Å². The van der Waals surface area contributed by atoms with Gasteiger partial charge in [-0.25, -0.2) is 9.97 Å². The molecule has 2 aromatic rings. The lowest BCUT2D eigenvalue weighted by Gasteiger charge is -2.29. The van der Waals surface area contributed by atoms with E-state index in [9.17, 15) is 18.0 Å². The number of anilines is 2. The molecule has 0 radical (unpaired) electrons. The average molecular weight is 349 g/mol. The van der Waals surface area contributed by atoms with E-state index in [0.29, 0.717) is 11.5 Å². The van der Waals surface area contributed by atoms with Crippen LogP contribution in [0.4, 0.5) is 24.7 Å². The van der Waals surface area contributed by atoms with Crippen molar-refractivity contribution in [3.05, 3.63) is 35.7 Å². The summed E-state index contributed by atoms with van der Waals surface area (Å²) in [7, 11) is 0. The van der Waals surface area contributed by atoms with Crippen molar-refractivity contribution in [3.63, 3.8) is 0 Å². The van der Waals surface area contributed by atoms with Crippen LogP contribution in [-0.2, 0) is 6.18 Å². The first-order chi connectivity index (χ1) is 11.8. The molecule has 1 aromatic heterocycles. The maximum absolute atomic E-state index is 13.1. The Morgan fingerprint density at radius 1 is 1.32 bits per heavy atom. The van der Waals surface area contributed by atoms with Crippen molar-refractivity contribution in [1.29, 1.82) is 0 Å². The maximum Gasteiger partial charge on any atom is 0.416 e. The van der Waals surface area contributed by atoms with Crippen LogP contribution in [0.15, 0.2) is 24.3 Å². The zero-order valence-electron chi connectivity index (χ0n) is 13.0. The molecule has 6 nitrogen and oxygen atoms in total. The monoisotopic (exact) mass is 349 g/mol. The van der Waals surface area contributed by atoms with Crippen molar-refractivity contribution in [2.75, 3.05) is 23.3 Å². The highest BCUT2D eigenvalue weighted by Crippen LogP contribution is 2.42. The molecule has 2 bridgehead atoms. The second kappa shape index (κ2) is 5.33. The summed E-state index contributed by atoms with van der Waals surface area (Å²) >= 11 is 0. The number of carbonyl (C=O) groups excluding carboxylic acids is 1. The Morgan fingerprint density at radius 3 is 2.84 bits per heavy atom. The predicted octanol–water partition coefficient (Wildman–Crippen LogP) is 2.27. The molecule has 1 fully saturated rings. The van der Waals surface area contributed by atoms with Crippen LogP contribution < -0.4 is 16.0 Å². The van der Waals surface area contributed by atoms with Crippen LogP contribution in [0.1, 0.15) is 22.6 Å². The molecule has 2 aliphatic heterocycles. The molecule has 1 aromatic carbocycles. The zero-order valence-corrected chi connectivity index (χ0v) is 13.0. The van der Waals surface area contributed by atoms with Crippen LogP contribution in [0, 0.1) is 0 Å². The molecule has 3 N–H and O–H groups in total. The van der Waals surface area contributed by atoms with E-state index in [1.165, 1.54) is 12.1 Å². The number of nitrogens with two attached hydrogens (primary N) is 1. The standard InChI is InChI=1S/C16H14F3N5O/c17-16(18,19)9-3-1-2-8(6-9)11-12-14(23-15(22-11)13(20)25)21-10-4-5-24(12)7-10/h1-3,6,10H,4-5,7H2,(H2,20,25)(H,21,22,23). The van der Waals surface area contributed by atoms with E-state index in [4.69, 9.17) is 5.73 Å². The van der Waals surface area contributed by atoms with E-state index in [-0.39, 0.29) is 23.1 Å². The van der Waals surface area contributed by atoms with Crippen LogP contribution in [0.2, 0.25) is 0 Å². The van der Waals surface area contributed by atoms with E-state index in [1.54, 1.807) is 0 Å². The average Bonchev–Trinajstić information content (AvgIpc) is 2.94. The van der Waals surface area contributed by atoms with Gasteiger partial charge in [0.15, 0.2) is 5.82 Å². The van der Waals surface area contributed by atoms with Gasteiger partial charge in [-0.3, -0.25) is 4.79 Å². The molecule has 2 aliphatic rings. The quantitative estimate of drug-likeness (QED) is 0.869. The van der Waals surface area contributed by atoms with E-state index < -0.39 is 17.6 Å². The summed E-state index contributed by atoms with van der Waals surface area (Å²) in [5.74, 6) is -0.614. The minimum absolute atomic E-state index is 0.192. The minimum Gasteiger partial charge on any atom is -0.365 e. The predicted molar refractivity (Wildman–Crippen MR) is 85.2 cm³/mol. The van der Waals surface area contributed by atoms with Crippen LogP contribution in [0.25, 0.3) is 11.3 Å². The fourth-order valence-corrected chi connectivity index (χ4v) is 3.28. The molecule has 1 atom stereocenters. The molecule has 3 heterocycles. The third-order valence-corrected chi connectivity index (χ3v) is 4.41. The highest BCUT2D eigenvalue weighted by Gasteiger charge is 2.35. The van der Waals surface area contributed by atoms with Crippen LogP contribution in [0.3, 0.4) is 0 Å². The Bertz CT molecular complexity index is 867. The van der Waals surface area contributed by atoms with E-state index in [0.717, 1.165) is 31.6 Å². The summed E-state index contributed by atoms with van der Waals surface area (Å²) < 4.78 is 39.2. The summed E-state index contributed by atoms with van der Waals surface area (Å²) in [5, 5.41) is 3.22. The molecule has 0 spiro atoms. The van der Waals surface area contributed by atoms with Gasteiger partial charge in [-0.05, 0) is 18.6 Å². The van der Waals surface area contributed by atoms with Crippen LogP contribution >= 0.6 is 0 Å². The summed E-state index contributed by atoms with van der Waals surface area (Å²) in [5.41, 5.74) is 5.67. The third kappa shape index (κ3) is 2.65. The van der Waals surface area contributed by atoms with E-state index in [2.05, 4.69) is 15.3 Å². The fraction of sp³-hybridized carbons (Fsp3) is 0.312. The lowest BCUT2D eigenvalue weighted by molar-refractivity contribution is -0.137. The molecule has 0 saturated carbocycles. The van der Waals surface area contributed by atoms with Crippen molar-refractivity contribution < 1.29 is 18.0 Å². The van der Waals surface area contributed by atoms with E-state index >= 15 is 0 Å². The molecular weight excluding hydrogens is 335 g/mol. The number of aromatic nitrogens is 2. The number of alkyl halides is 3. The molecule has 25 heavy (non-hydrogen) atoms. The molecule has 1 unspecified atom stereocenters. The second-order valence-corrected chi connectivity index (χ2v) is 6.11. The zero-order chi connectivity index (χ0) is 17.8. The van der Waals surface area contributed by atoms with Gasteiger partial charge in [-0.15, -0.1) is 0 Å². The second-order valence-electron chi connectivity index (χ2n) is 6.11. The Hall–Kier alpha value is -2.84. The summed E-state index contributed by atoms with van der Waals surface area (Å²) in [6, 6.07) is 5.06. The summed E-state index contributed by atoms with van der Waals surface area (Å²) in [4.78, 5) is 21.9. The van der Waals surface area contributed by atoms with Crippen molar-refractivity contribution in [3.8, 4) is 11.3 Å². The Labute approximate surface area is 140 Å². The van der Waals surface area contributed by atoms with Crippen LogP contribution in [-0.4, -0.2) is 35.0 Å². The highest BCUT2D eigenvalue weighted by molar-refractivity contribution is 5.93. The normalized spacial score (nSPS) is 18.7. The summed E-state index contributed by atoms with van der Waals surface area (Å²) in [6.07, 6.45) is -3.59. The smallest absolute Gasteiger partial charge is 0.365 e. The van der Waals surface area contributed by atoms with Gasteiger partial charge < -0.3 is 16.0 Å². The number of hydrogen-bond donors (Lipinski definition) is 2. The number of primary amides is 1. The molecular formula is C16H14F3N5O. The number of nitrogens with one attached hydrogen (secondary N) is 1. The largest absolute Gasteiger partial charge is 0.416 e. The maximum atomic E-state index is 13.1. The Kier molecular flexibility index (Phi) is 3.34. The third-order valence-electron chi connectivity index (χ3n) is 4.41. The Balaban J connectivity index is 1.92. The minimum atomic E-state index is -4.47. The first-order valence-electron chi connectivity index (χ1n) is 7.74. The number of nitrogens with zero attached hydrogens (tertiary/aromatic N) is 3. The van der Waals surface area contributed by atoms with Crippen LogP contribution in [0.5, 0.6) is 0 Å². The van der Waals surface area contributed by atoms with Crippen molar-refractivity contribution >= 4 is 17.4 Å². The molecule has 1 saturated heterocycles. The number of halogens is 3. The van der Waals surface area contributed by atoms with Gasteiger partial charge in [0.05, 0.1) is 5.56 Å². The van der Waals surface area contributed by atoms with Gasteiger partial charge in [0.25, 0.3) is 5.91 Å². The number of fused-ring (bicyclic) bond motifs is 4. The molecule has 1 amide bonds.